The molecule has 2 bridgehead atoms. The third-order valence-electron chi connectivity index (χ3n) is 6.91. The molecule has 0 radical (unpaired) electrons. The number of rotatable bonds is 3. The highest BCUT2D eigenvalue weighted by atomic mass is 35.5. The molecule has 3 heterocycles. The van der Waals surface area contributed by atoms with Crippen LogP contribution in [0.1, 0.15) is 62.5 Å². The number of halogens is 1. The minimum absolute atomic E-state index is 0.0985. The van der Waals surface area contributed by atoms with Crippen LogP contribution in [-0.2, 0) is 4.74 Å². The van der Waals surface area contributed by atoms with Crippen molar-refractivity contribution in [1.29, 1.82) is 0 Å². The Balaban J connectivity index is 1.36. The summed E-state index contributed by atoms with van der Waals surface area (Å²) in [5.41, 5.74) is 2.79. The second kappa shape index (κ2) is 8.00. The quantitative estimate of drug-likeness (QED) is 0.729. The highest BCUT2D eigenvalue weighted by Crippen LogP contribution is 2.40. The molecule has 0 N–H and O–H groups in total. The Hall–Kier alpha value is -1.26. The summed E-state index contributed by atoms with van der Waals surface area (Å²) in [7, 11) is 0. The lowest BCUT2D eigenvalue weighted by molar-refractivity contribution is 0.0341. The van der Waals surface area contributed by atoms with Gasteiger partial charge in [0.1, 0.15) is 0 Å². The third-order valence-corrected chi connectivity index (χ3v) is 7.15. The standard InChI is InChI=1S/C22H31ClN2O2/c1-3-27-22(26)25-18-6-7-19(25)14-20(13-18)24-10-8-16(9-11-24)21-12-17(23)5-4-15(21)2/h4-5,12,16,18-20H,3,6-11,13-14H2,1-2H3. The molecule has 27 heavy (non-hydrogen) atoms. The summed E-state index contributed by atoms with van der Waals surface area (Å²) in [5, 5.41) is 0.848. The average molecular weight is 391 g/mol. The second-order valence-corrected chi connectivity index (χ2v) is 8.86. The van der Waals surface area contributed by atoms with Gasteiger partial charge in [0.25, 0.3) is 0 Å². The van der Waals surface area contributed by atoms with Gasteiger partial charge in [0, 0.05) is 23.1 Å². The summed E-state index contributed by atoms with van der Waals surface area (Å²) in [6.07, 6.45) is 6.80. The second-order valence-electron chi connectivity index (χ2n) is 8.43. The molecule has 2 unspecified atom stereocenters. The number of aryl methyl sites for hydroxylation is 1. The fourth-order valence-corrected chi connectivity index (χ4v) is 5.75. The molecule has 4 nitrogen and oxygen atoms in total. The Kier molecular flexibility index (Phi) is 5.65. The van der Waals surface area contributed by atoms with Crippen LogP contribution in [0.4, 0.5) is 4.79 Å². The Morgan fingerprint density at radius 3 is 2.41 bits per heavy atom. The highest BCUT2D eigenvalue weighted by molar-refractivity contribution is 6.30. The molecule has 1 aromatic rings. The van der Waals surface area contributed by atoms with E-state index in [1.54, 1.807) is 0 Å². The van der Waals surface area contributed by atoms with Crippen molar-refractivity contribution in [2.45, 2.75) is 76.4 Å². The van der Waals surface area contributed by atoms with Crippen LogP contribution in [0.2, 0.25) is 5.02 Å². The van der Waals surface area contributed by atoms with Gasteiger partial charge in [-0.2, -0.15) is 0 Å². The summed E-state index contributed by atoms with van der Waals surface area (Å²) < 4.78 is 5.29. The molecule has 1 aromatic carbocycles. The van der Waals surface area contributed by atoms with Crippen LogP contribution >= 0.6 is 11.6 Å². The van der Waals surface area contributed by atoms with Gasteiger partial charge in [0.05, 0.1) is 6.61 Å². The van der Waals surface area contributed by atoms with Gasteiger partial charge >= 0.3 is 6.09 Å². The molecular formula is C22H31ClN2O2. The zero-order chi connectivity index (χ0) is 19.0. The smallest absolute Gasteiger partial charge is 0.410 e. The Bertz CT molecular complexity index is 673. The predicted molar refractivity (Wildman–Crippen MR) is 108 cm³/mol. The summed E-state index contributed by atoms with van der Waals surface area (Å²) in [5.74, 6) is 0.622. The van der Waals surface area contributed by atoms with E-state index in [-0.39, 0.29) is 6.09 Å². The van der Waals surface area contributed by atoms with Crippen molar-refractivity contribution in [3.05, 3.63) is 34.3 Å². The van der Waals surface area contributed by atoms with Crippen LogP contribution in [0.5, 0.6) is 0 Å². The number of hydrogen-bond acceptors (Lipinski definition) is 3. The zero-order valence-corrected chi connectivity index (χ0v) is 17.3. The minimum atomic E-state index is -0.0985. The van der Waals surface area contributed by atoms with Crippen molar-refractivity contribution in [1.82, 2.24) is 9.80 Å². The number of hydrogen-bond donors (Lipinski definition) is 0. The van der Waals surface area contributed by atoms with Crippen LogP contribution in [0.25, 0.3) is 0 Å². The molecular weight excluding hydrogens is 360 g/mol. The first-order chi connectivity index (χ1) is 13.1. The van der Waals surface area contributed by atoms with E-state index in [4.69, 9.17) is 16.3 Å². The molecule has 0 spiro atoms. The van der Waals surface area contributed by atoms with Gasteiger partial charge in [-0.05, 0) is 94.6 Å². The van der Waals surface area contributed by atoms with Gasteiger partial charge in [0.2, 0.25) is 0 Å². The molecule has 3 saturated heterocycles. The summed E-state index contributed by atoms with van der Waals surface area (Å²) >= 11 is 6.23. The van der Waals surface area contributed by atoms with Gasteiger partial charge in [-0.3, -0.25) is 0 Å². The first kappa shape index (κ1) is 19.1. The maximum absolute atomic E-state index is 12.3. The third kappa shape index (κ3) is 3.84. The lowest BCUT2D eigenvalue weighted by Crippen LogP contribution is -2.53. The van der Waals surface area contributed by atoms with Crippen LogP contribution in [0.15, 0.2) is 18.2 Å². The van der Waals surface area contributed by atoms with Crippen molar-refractivity contribution in [2.75, 3.05) is 19.7 Å². The number of nitrogens with zero attached hydrogens (tertiary/aromatic N) is 2. The van der Waals surface area contributed by atoms with E-state index in [2.05, 4.69) is 24.0 Å². The molecule has 3 aliphatic heterocycles. The van der Waals surface area contributed by atoms with Crippen molar-refractivity contribution < 1.29 is 9.53 Å². The van der Waals surface area contributed by atoms with Crippen LogP contribution < -0.4 is 0 Å². The number of likely N-dealkylation sites (tertiary alicyclic amines) is 1. The lowest BCUT2D eigenvalue weighted by Gasteiger charge is -2.45. The molecule has 0 aliphatic carbocycles. The van der Waals surface area contributed by atoms with Gasteiger partial charge in [-0.15, -0.1) is 0 Å². The monoisotopic (exact) mass is 390 g/mol. The Morgan fingerprint density at radius 1 is 1.11 bits per heavy atom. The number of carbonyl (C=O) groups is 1. The van der Waals surface area contributed by atoms with E-state index in [1.807, 2.05) is 17.9 Å². The maximum Gasteiger partial charge on any atom is 0.410 e. The molecule has 0 aromatic heterocycles. The van der Waals surface area contributed by atoms with Crippen molar-refractivity contribution in [3.8, 4) is 0 Å². The van der Waals surface area contributed by atoms with E-state index in [1.165, 1.54) is 24.0 Å². The van der Waals surface area contributed by atoms with E-state index in [9.17, 15) is 4.79 Å². The molecule has 148 valence electrons. The molecule has 3 aliphatic rings. The van der Waals surface area contributed by atoms with Crippen molar-refractivity contribution >= 4 is 17.7 Å². The van der Waals surface area contributed by atoms with Gasteiger partial charge in [-0.1, -0.05) is 17.7 Å². The lowest BCUT2D eigenvalue weighted by atomic mass is 9.85. The van der Waals surface area contributed by atoms with Gasteiger partial charge in [0.15, 0.2) is 0 Å². The van der Waals surface area contributed by atoms with Crippen molar-refractivity contribution in [2.24, 2.45) is 0 Å². The molecule has 1 amide bonds. The molecule has 0 saturated carbocycles. The highest BCUT2D eigenvalue weighted by Gasteiger charge is 2.45. The first-order valence-corrected chi connectivity index (χ1v) is 10.9. The molecule has 4 rings (SSSR count). The first-order valence-electron chi connectivity index (χ1n) is 10.5. The Morgan fingerprint density at radius 2 is 1.78 bits per heavy atom. The normalized spacial score (nSPS) is 29.1. The van der Waals surface area contributed by atoms with E-state index >= 15 is 0 Å². The molecule has 2 atom stereocenters. The fraction of sp³-hybridized carbons (Fsp3) is 0.682. The van der Waals surface area contributed by atoms with Crippen LogP contribution in [0.3, 0.4) is 0 Å². The van der Waals surface area contributed by atoms with E-state index in [0.717, 1.165) is 43.8 Å². The predicted octanol–water partition coefficient (Wildman–Crippen LogP) is 4.98. The SMILES string of the molecule is CCOC(=O)N1C2CCC1CC(N1CCC(c3cc(Cl)ccc3C)CC1)C2. The Labute approximate surface area is 167 Å². The number of piperidine rings is 2. The number of carbonyl (C=O) groups excluding carboxylic acids is 1. The molecule has 3 fully saturated rings. The van der Waals surface area contributed by atoms with E-state index in [0.29, 0.717) is 30.7 Å². The van der Waals surface area contributed by atoms with Gasteiger partial charge in [-0.25, -0.2) is 4.79 Å². The maximum atomic E-state index is 12.3. The number of benzene rings is 1. The van der Waals surface area contributed by atoms with Crippen LogP contribution in [-0.4, -0.2) is 53.7 Å². The topological polar surface area (TPSA) is 32.8 Å². The zero-order valence-electron chi connectivity index (χ0n) is 16.5. The summed E-state index contributed by atoms with van der Waals surface area (Å²) in [6.45, 7) is 6.86. The van der Waals surface area contributed by atoms with Gasteiger partial charge < -0.3 is 14.5 Å². The average Bonchev–Trinajstić information content (AvgIpc) is 2.94. The fourth-order valence-electron chi connectivity index (χ4n) is 5.57. The number of fused-ring (bicyclic) bond motifs is 2. The number of ether oxygens (including phenoxy) is 1. The minimum Gasteiger partial charge on any atom is -0.450 e. The summed E-state index contributed by atoms with van der Waals surface area (Å²) in [4.78, 5) is 17.0. The molecule has 5 heteroatoms. The van der Waals surface area contributed by atoms with Crippen LogP contribution in [0, 0.1) is 6.92 Å². The van der Waals surface area contributed by atoms with E-state index < -0.39 is 0 Å². The largest absolute Gasteiger partial charge is 0.450 e. The summed E-state index contributed by atoms with van der Waals surface area (Å²) in [6, 6.07) is 7.67. The van der Waals surface area contributed by atoms with Crippen molar-refractivity contribution in [3.63, 3.8) is 0 Å². The number of amides is 1.